The normalized spacial score (nSPS) is 14.8. The van der Waals surface area contributed by atoms with E-state index in [1.165, 1.54) is 0 Å². The van der Waals surface area contributed by atoms with E-state index in [4.69, 9.17) is 21.7 Å². The summed E-state index contributed by atoms with van der Waals surface area (Å²) in [6.07, 6.45) is 0. The zero-order valence-electron chi connectivity index (χ0n) is 14.6. The van der Waals surface area contributed by atoms with Crippen molar-refractivity contribution in [3.63, 3.8) is 0 Å². The third-order valence-corrected chi connectivity index (χ3v) is 5.10. The monoisotopic (exact) mass is 434 g/mol. The summed E-state index contributed by atoms with van der Waals surface area (Å²) in [5.74, 6) is 0.793. The van der Waals surface area contributed by atoms with Gasteiger partial charge in [-0.05, 0) is 23.8 Å². The van der Waals surface area contributed by atoms with E-state index in [2.05, 4.69) is 38.3 Å². The van der Waals surface area contributed by atoms with Crippen LogP contribution in [0.1, 0.15) is 11.1 Å². The quantitative estimate of drug-likeness (QED) is 0.672. The van der Waals surface area contributed by atoms with Crippen LogP contribution in [0.15, 0.2) is 53.0 Å². The highest BCUT2D eigenvalue weighted by Gasteiger charge is 2.12. The molecule has 0 aliphatic carbocycles. The molecule has 0 radical (unpaired) electrons. The number of rotatable bonds is 7. The number of ether oxygens (including phenoxy) is 2. The van der Waals surface area contributed by atoms with Gasteiger partial charge in [0.15, 0.2) is 0 Å². The highest BCUT2D eigenvalue weighted by Crippen LogP contribution is 2.24. The second-order valence-electron chi connectivity index (χ2n) is 6.12. The van der Waals surface area contributed by atoms with Gasteiger partial charge in [0.1, 0.15) is 17.3 Å². The number of thiocarbonyl (C=S) groups is 1. The first-order chi connectivity index (χ1) is 12.7. The third-order valence-electron chi connectivity index (χ3n) is 4.24. The summed E-state index contributed by atoms with van der Waals surface area (Å²) in [5, 5.41) is 3.36. The predicted octanol–water partition coefficient (Wildman–Crippen LogP) is 3.63. The number of halogens is 1. The van der Waals surface area contributed by atoms with Gasteiger partial charge >= 0.3 is 0 Å². The Kier molecular flexibility index (Phi) is 7.43. The van der Waals surface area contributed by atoms with Crippen LogP contribution in [0, 0.1) is 0 Å². The summed E-state index contributed by atoms with van der Waals surface area (Å²) in [6.45, 7) is 5.88. The molecule has 0 spiro atoms. The van der Waals surface area contributed by atoms with Crippen molar-refractivity contribution < 1.29 is 9.47 Å². The van der Waals surface area contributed by atoms with Crippen molar-refractivity contribution >= 4 is 33.1 Å². The van der Waals surface area contributed by atoms with Crippen LogP contribution in [0.25, 0.3) is 0 Å². The number of hydrogen-bond donors (Lipinski definition) is 1. The molecule has 1 heterocycles. The van der Waals surface area contributed by atoms with Crippen LogP contribution < -0.4 is 10.1 Å². The summed E-state index contributed by atoms with van der Waals surface area (Å²) in [7, 11) is 0. The van der Waals surface area contributed by atoms with E-state index in [1.54, 1.807) is 0 Å². The average Bonchev–Trinajstić information content (AvgIpc) is 2.68. The van der Waals surface area contributed by atoms with Gasteiger partial charge in [-0.25, -0.2) is 0 Å². The summed E-state index contributed by atoms with van der Waals surface area (Å²) in [4.78, 5) is 3.09. The van der Waals surface area contributed by atoms with Crippen LogP contribution >= 0.6 is 28.1 Å². The van der Waals surface area contributed by atoms with Crippen LogP contribution in [0.4, 0.5) is 0 Å². The largest absolute Gasteiger partial charge is 0.488 e. The molecule has 138 valence electrons. The van der Waals surface area contributed by atoms with E-state index in [0.29, 0.717) is 11.6 Å². The SMILES string of the molecule is S=C(NCCN1CCOCC1)c1cc(Br)ccc1OCc1ccccc1. The van der Waals surface area contributed by atoms with Gasteiger partial charge in [-0.3, -0.25) is 4.90 Å². The molecule has 0 unspecified atom stereocenters. The van der Waals surface area contributed by atoms with Crippen molar-refractivity contribution in [3.8, 4) is 5.75 Å². The van der Waals surface area contributed by atoms with Gasteiger partial charge in [0.25, 0.3) is 0 Å². The summed E-state index contributed by atoms with van der Waals surface area (Å²) in [5.41, 5.74) is 2.04. The second-order valence-corrected chi connectivity index (χ2v) is 7.45. The molecule has 3 rings (SSSR count). The third kappa shape index (κ3) is 5.77. The molecular weight excluding hydrogens is 412 g/mol. The lowest BCUT2D eigenvalue weighted by Gasteiger charge is -2.26. The zero-order valence-corrected chi connectivity index (χ0v) is 17.0. The number of benzene rings is 2. The van der Waals surface area contributed by atoms with Crippen molar-refractivity contribution in [2.75, 3.05) is 39.4 Å². The van der Waals surface area contributed by atoms with Gasteiger partial charge < -0.3 is 14.8 Å². The molecular formula is C20H23BrN2O2S. The van der Waals surface area contributed by atoms with E-state index in [9.17, 15) is 0 Å². The second kappa shape index (κ2) is 10.0. The molecule has 0 amide bonds. The number of nitrogens with one attached hydrogen (secondary N) is 1. The van der Waals surface area contributed by atoms with E-state index in [1.807, 2.05) is 36.4 Å². The number of nitrogens with zero attached hydrogens (tertiary/aromatic N) is 1. The minimum absolute atomic E-state index is 0.520. The number of morpholine rings is 1. The zero-order chi connectivity index (χ0) is 18.2. The molecule has 6 heteroatoms. The summed E-state index contributed by atoms with van der Waals surface area (Å²) >= 11 is 9.14. The summed E-state index contributed by atoms with van der Waals surface area (Å²) < 4.78 is 12.4. The summed E-state index contributed by atoms with van der Waals surface area (Å²) in [6, 6.07) is 16.1. The first-order valence-electron chi connectivity index (χ1n) is 8.77. The van der Waals surface area contributed by atoms with Crippen LogP contribution in [0.3, 0.4) is 0 Å². The lowest BCUT2D eigenvalue weighted by atomic mass is 10.2. The van der Waals surface area contributed by atoms with E-state index in [-0.39, 0.29) is 0 Å². The highest BCUT2D eigenvalue weighted by atomic mass is 79.9. The maximum absolute atomic E-state index is 6.02. The van der Waals surface area contributed by atoms with Crippen LogP contribution in [-0.4, -0.2) is 49.3 Å². The van der Waals surface area contributed by atoms with Crippen molar-refractivity contribution in [1.29, 1.82) is 0 Å². The average molecular weight is 435 g/mol. The maximum atomic E-state index is 6.02. The first kappa shape index (κ1) is 19.3. The molecule has 1 aliphatic rings. The lowest BCUT2D eigenvalue weighted by molar-refractivity contribution is 0.0389. The van der Waals surface area contributed by atoms with Gasteiger partial charge in [0.05, 0.1) is 18.8 Å². The Morgan fingerprint density at radius 3 is 2.69 bits per heavy atom. The Hall–Kier alpha value is -1.47. The van der Waals surface area contributed by atoms with E-state index < -0.39 is 0 Å². The maximum Gasteiger partial charge on any atom is 0.130 e. The Morgan fingerprint density at radius 1 is 1.15 bits per heavy atom. The van der Waals surface area contributed by atoms with Gasteiger partial charge in [0.2, 0.25) is 0 Å². The molecule has 0 bridgehead atoms. The van der Waals surface area contributed by atoms with Crippen molar-refractivity contribution in [1.82, 2.24) is 10.2 Å². The Labute approximate surface area is 168 Å². The molecule has 2 aromatic rings. The van der Waals surface area contributed by atoms with Gasteiger partial charge in [-0.15, -0.1) is 0 Å². The number of hydrogen-bond acceptors (Lipinski definition) is 4. The molecule has 0 aromatic heterocycles. The molecule has 26 heavy (non-hydrogen) atoms. The minimum atomic E-state index is 0.520. The Morgan fingerprint density at radius 2 is 1.92 bits per heavy atom. The van der Waals surface area contributed by atoms with Crippen molar-refractivity contribution in [2.45, 2.75) is 6.61 Å². The van der Waals surface area contributed by atoms with Gasteiger partial charge in [-0.1, -0.05) is 58.5 Å². The molecule has 0 saturated carbocycles. The Bertz CT molecular complexity index is 721. The van der Waals surface area contributed by atoms with Crippen LogP contribution in [0.5, 0.6) is 5.75 Å². The van der Waals surface area contributed by atoms with Crippen molar-refractivity contribution in [2.24, 2.45) is 0 Å². The highest BCUT2D eigenvalue weighted by molar-refractivity contribution is 9.10. The molecule has 1 aliphatic heterocycles. The standard InChI is InChI=1S/C20H23BrN2O2S/c21-17-6-7-19(25-15-16-4-2-1-3-5-16)18(14-17)20(26)22-8-9-23-10-12-24-13-11-23/h1-7,14H,8-13,15H2,(H,22,26). The lowest BCUT2D eigenvalue weighted by Crippen LogP contribution is -2.41. The van der Waals surface area contributed by atoms with Gasteiger partial charge in [-0.2, -0.15) is 0 Å². The molecule has 2 aromatic carbocycles. The predicted molar refractivity (Wildman–Crippen MR) is 112 cm³/mol. The molecule has 1 N–H and O–H groups in total. The molecule has 1 fully saturated rings. The van der Waals surface area contributed by atoms with E-state index >= 15 is 0 Å². The molecule has 1 saturated heterocycles. The molecule has 4 nitrogen and oxygen atoms in total. The fourth-order valence-electron chi connectivity index (χ4n) is 2.79. The van der Waals surface area contributed by atoms with Crippen molar-refractivity contribution in [3.05, 3.63) is 64.1 Å². The first-order valence-corrected chi connectivity index (χ1v) is 9.97. The topological polar surface area (TPSA) is 33.7 Å². The van der Waals surface area contributed by atoms with Crippen LogP contribution in [-0.2, 0) is 11.3 Å². The fourth-order valence-corrected chi connectivity index (χ4v) is 3.41. The molecule has 0 atom stereocenters. The van der Waals surface area contributed by atoms with E-state index in [0.717, 1.165) is 60.7 Å². The fraction of sp³-hybridized carbons (Fsp3) is 0.350. The minimum Gasteiger partial charge on any atom is -0.488 e. The smallest absolute Gasteiger partial charge is 0.130 e. The van der Waals surface area contributed by atoms with Crippen LogP contribution in [0.2, 0.25) is 0 Å². The van der Waals surface area contributed by atoms with Gasteiger partial charge in [0, 0.05) is 30.7 Å². The Balaban J connectivity index is 1.58.